The summed E-state index contributed by atoms with van der Waals surface area (Å²) in [5.41, 5.74) is 0.431. The van der Waals surface area contributed by atoms with E-state index in [-0.39, 0.29) is 11.6 Å². The minimum Gasteiger partial charge on any atom is -0.486 e. The van der Waals surface area contributed by atoms with Gasteiger partial charge in [0.15, 0.2) is 11.5 Å². The van der Waals surface area contributed by atoms with Gasteiger partial charge in [0.05, 0.1) is 0 Å². The first kappa shape index (κ1) is 16.1. The van der Waals surface area contributed by atoms with Crippen molar-refractivity contribution >= 4 is 23.1 Å². The lowest BCUT2D eigenvalue weighted by molar-refractivity contribution is 0.171. The van der Waals surface area contributed by atoms with Gasteiger partial charge in [-0.2, -0.15) is 4.98 Å². The van der Waals surface area contributed by atoms with Gasteiger partial charge < -0.3 is 20.1 Å². The highest BCUT2D eigenvalue weighted by molar-refractivity contribution is 5.63. The van der Waals surface area contributed by atoms with Crippen molar-refractivity contribution in [3.05, 3.63) is 60.3 Å². The van der Waals surface area contributed by atoms with Gasteiger partial charge in [-0.25, -0.2) is 13.8 Å². The van der Waals surface area contributed by atoms with Crippen molar-refractivity contribution in [1.82, 2.24) is 9.97 Å². The number of hydrogen-bond acceptors (Lipinski definition) is 6. The van der Waals surface area contributed by atoms with Crippen molar-refractivity contribution in [3.63, 3.8) is 0 Å². The quantitative estimate of drug-likeness (QED) is 0.736. The molecule has 26 heavy (non-hydrogen) atoms. The minimum atomic E-state index is -0.723. The van der Waals surface area contributed by atoms with Gasteiger partial charge in [-0.3, -0.25) is 0 Å². The van der Waals surface area contributed by atoms with Crippen LogP contribution < -0.4 is 20.1 Å². The summed E-state index contributed by atoms with van der Waals surface area (Å²) < 4.78 is 38.5. The smallest absolute Gasteiger partial charge is 0.229 e. The fourth-order valence-electron chi connectivity index (χ4n) is 2.49. The molecule has 0 bridgehead atoms. The van der Waals surface area contributed by atoms with Gasteiger partial charge in [-0.1, -0.05) is 6.07 Å². The summed E-state index contributed by atoms with van der Waals surface area (Å²) >= 11 is 0. The van der Waals surface area contributed by atoms with E-state index in [1.807, 2.05) is 6.07 Å². The van der Waals surface area contributed by atoms with Crippen LogP contribution >= 0.6 is 0 Å². The standard InChI is InChI=1S/C18H14F2N4O2/c19-12-2-1-3-13(20)17(12)24-18-21-7-6-16(23-18)22-11-4-5-14-15(10-11)26-9-8-25-14/h1-7,10H,8-9H2,(H2,21,22,23,24). The van der Waals surface area contributed by atoms with Crippen molar-refractivity contribution < 1.29 is 18.3 Å². The van der Waals surface area contributed by atoms with Crippen LogP contribution in [0.15, 0.2) is 48.7 Å². The fourth-order valence-corrected chi connectivity index (χ4v) is 2.49. The van der Waals surface area contributed by atoms with Crippen LogP contribution in [0, 0.1) is 11.6 Å². The highest BCUT2D eigenvalue weighted by atomic mass is 19.1. The molecule has 0 spiro atoms. The van der Waals surface area contributed by atoms with Crippen molar-refractivity contribution in [2.45, 2.75) is 0 Å². The van der Waals surface area contributed by atoms with E-state index in [2.05, 4.69) is 20.6 Å². The van der Waals surface area contributed by atoms with Gasteiger partial charge in [0.25, 0.3) is 0 Å². The Kier molecular flexibility index (Phi) is 4.22. The third-order valence-corrected chi connectivity index (χ3v) is 3.67. The number of nitrogens with one attached hydrogen (secondary N) is 2. The SMILES string of the molecule is Fc1cccc(F)c1Nc1nccc(Nc2ccc3c(c2)OCCO3)n1. The maximum Gasteiger partial charge on any atom is 0.229 e. The van der Waals surface area contributed by atoms with E-state index in [1.54, 1.807) is 18.2 Å². The number of ether oxygens (including phenoxy) is 2. The van der Waals surface area contributed by atoms with E-state index in [0.717, 1.165) is 17.8 Å². The Hall–Kier alpha value is -3.42. The summed E-state index contributed by atoms with van der Waals surface area (Å²) in [5.74, 6) is 0.397. The van der Waals surface area contributed by atoms with Crippen LogP contribution in [0.4, 0.5) is 31.9 Å². The zero-order valence-electron chi connectivity index (χ0n) is 13.5. The van der Waals surface area contributed by atoms with Gasteiger partial charge in [-0.05, 0) is 30.3 Å². The summed E-state index contributed by atoms with van der Waals surface area (Å²) in [6.45, 7) is 1.01. The molecule has 0 amide bonds. The van der Waals surface area contributed by atoms with Crippen LogP contribution in [-0.4, -0.2) is 23.2 Å². The van der Waals surface area contributed by atoms with Crippen LogP contribution in [0.3, 0.4) is 0 Å². The Balaban J connectivity index is 1.54. The van der Waals surface area contributed by atoms with E-state index in [1.165, 1.54) is 12.3 Å². The molecule has 1 aliphatic rings. The third-order valence-electron chi connectivity index (χ3n) is 3.67. The van der Waals surface area contributed by atoms with E-state index >= 15 is 0 Å². The second kappa shape index (κ2) is 6.83. The van der Waals surface area contributed by atoms with Gasteiger partial charge in [0, 0.05) is 18.0 Å². The van der Waals surface area contributed by atoms with Crippen LogP contribution in [0.25, 0.3) is 0 Å². The Labute approximate surface area is 147 Å². The molecule has 132 valence electrons. The number of halogens is 2. The third kappa shape index (κ3) is 3.34. The molecule has 8 heteroatoms. The summed E-state index contributed by atoms with van der Waals surface area (Å²) in [6, 6.07) is 10.6. The molecule has 0 aliphatic carbocycles. The molecule has 3 aromatic rings. The molecular formula is C18H14F2N4O2. The molecule has 0 saturated carbocycles. The Morgan fingerprint density at radius 1 is 0.885 bits per heavy atom. The van der Waals surface area contributed by atoms with E-state index in [9.17, 15) is 8.78 Å². The average Bonchev–Trinajstić information content (AvgIpc) is 2.65. The molecule has 4 rings (SSSR count). The predicted octanol–water partition coefficient (Wildman–Crippen LogP) is 4.01. The lowest BCUT2D eigenvalue weighted by Crippen LogP contribution is -2.15. The second-order valence-electron chi connectivity index (χ2n) is 5.47. The highest BCUT2D eigenvalue weighted by Gasteiger charge is 2.13. The molecule has 0 unspecified atom stereocenters. The fraction of sp³-hybridized carbons (Fsp3) is 0.111. The second-order valence-corrected chi connectivity index (χ2v) is 5.47. The molecule has 2 heterocycles. The molecule has 1 aromatic heterocycles. The normalized spacial score (nSPS) is 12.5. The molecule has 1 aliphatic heterocycles. The van der Waals surface area contributed by atoms with Gasteiger partial charge in [0.2, 0.25) is 5.95 Å². The van der Waals surface area contributed by atoms with E-state index in [0.29, 0.717) is 30.5 Å². The molecule has 0 fully saturated rings. The first-order chi connectivity index (χ1) is 12.7. The Morgan fingerprint density at radius 3 is 2.46 bits per heavy atom. The number of nitrogens with zero attached hydrogens (tertiary/aromatic N) is 2. The zero-order valence-corrected chi connectivity index (χ0v) is 13.5. The number of aromatic nitrogens is 2. The molecular weight excluding hydrogens is 342 g/mol. The largest absolute Gasteiger partial charge is 0.486 e. The van der Waals surface area contributed by atoms with Crippen molar-refractivity contribution in [3.8, 4) is 11.5 Å². The maximum atomic E-state index is 13.7. The minimum absolute atomic E-state index is 0.0662. The monoisotopic (exact) mass is 356 g/mol. The average molecular weight is 356 g/mol. The number of benzene rings is 2. The summed E-state index contributed by atoms with van der Waals surface area (Å²) in [4.78, 5) is 8.21. The summed E-state index contributed by atoms with van der Waals surface area (Å²) in [6.07, 6.45) is 1.48. The van der Waals surface area contributed by atoms with Gasteiger partial charge in [0.1, 0.15) is 36.4 Å². The summed E-state index contributed by atoms with van der Waals surface area (Å²) in [7, 11) is 0. The molecule has 0 radical (unpaired) electrons. The number of hydrogen-bond donors (Lipinski definition) is 2. The van der Waals surface area contributed by atoms with E-state index < -0.39 is 11.6 Å². The van der Waals surface area contributed by atoms with Crippen LogP contribution in [-0.2, 0) is 0 Å². The number of fused-ring (bicyclic) bond motifs is 1. The molecule has 0 saturated heterocycles. The molecule has 0 atom stereocenters. The lowest BCUT2D eigenvalue weighted by atomic mass is 10.2. The number of anilines is 4. The predicted molar refractivity (Wildman–Crippen MR) is 92.4 cm³/mol. The number of para-hydroxylation sites is 1. The molecule has 2 N–H and O–H groups in total. The first-order valence-corrected chi connectivity index (χ1v) is 7.90. The molecule has 2 aromatic carbocycles. The van der Waals surface area contributed by atoms with Crippen molar-refractivity contribution in [1.29, 1.82) is 0 Å². The van der Waals surface area contributed by atoms with Crippen LogP contribution in [0.1, 0.15) is 0 Å². The summed E-state index contributed by atoms with van der Waals surface area (Å²) in [5, 5.41) is 5.65. The Morgan fingerprint density at radius 2 is 1.65 bits per heavy atom. The Bertz CT molecular complexity index is 932. The van der Waals surface area contributed by atoms with Crippen molar-refractivity contribution in [2.75, 3.05) is 23.8 Å². The first-order valence-electron chi connectivity index (χ1n) is 7.90. The zero-order chi connectivity index (χ0) is 17.9. The number of rotatable bonds is 4. The van der Waals surface area contributed by atoms with Gasteiger partial charge in [-0.15, -0.1) is 0 Å². The molecule has 6 nitrogen and oxygen atoms in total. The van der Waals surface area contributed by atoms with E-state index in [4.69, 9.17) is 9.47 Å². The van der Waals surface area contributed by atoms with Crippen LogP contribution in [0.5, 0.6) is 11.5 Å². The van der Waals surface area contributed by atoms with Crippen molar-refractivity contribution in [2.24, 2.45) is 0 Å². The topological polar surface area (TPSA) is 68.3 Å². The van der Waals surface area contributed by atoms with Gasteiger partial charge >= 0.3 is 0 Å². The highest BCUT2D eigenvalue weighted by Crippen LogP contribution is 2.33. The lowest BCUT2D eigenvalue weighted by Gasteiger charge is -2.19. The van der Waals surface area contributed by atoms with Crippen LogP contribution in [0.2, 0.25) is 0 Å². The maximum absolute atomic E-state index is 13.7.